The smallest absolute Gasteiger partial charge is 0.303 e. The lowest BCUT2D eigenvalue weighted by Gasteiger charge is -2.27. The zero-order chi connectivity index (χ0) is 36.7. The van der Waals surface area contributed by atoms with Crippen LogP contribution in [0.5, 0.6) is 0 Å². The van der Waals surface area contributed by atoms with Crippen molar-refractivity contribution in [3.8, 4) is 0 Å². The molecular weight excluding hydrogens is 642 g/mol. The number of imide groups is 1. The number of carbonyl (C=O) groups is 3. The number of nitrogens with zero attached hydrogens (tertiary/aromatic N) is 3. The minimum absolute atomic E-state index is 0.0712. The van der Waals surface area contributed by atoms with Crippen LogP contribution in [0.2, 0.25) is 0 Å². The number of aromatic nitrogens is 4. The van der Waals surface area contributed by atoms with Gasteiger partial charge in [0, 0.05) is 59.2 Å². The Morgan fingerprint density at radius 2 is 1.61 bits per heavy atom. The van der Waals surface area contributed by atoms with Crippen molar-refractivity contribution in [3.63, 3.8) is 0 Å². The summed E-state index contributed by atoms with van der Waals surface area (Å²) in [6, 6.07) is 6.13. The molecule has 0 saturated carbocycles. The van der Waals surface area contributed by atoms with E-state index in [1.807, 2.05) is 32.9 Å². The van der Waals surface area contributed by atoms with Gasteiger partial charge >= 0.3 is 5.97 Å². The first-order valence-corrected chi connectivity index (χ1v) is 18.6. The van der Waals surface area contributed by atoms with Crippen LogP contribution in [0, 0.1) is 13.8 Å². The number of allylic oxidation sites excluding steroid dienone is 2. The van der Waals surface area contributed by atoms with Gasteiger partial charge < -0.3 is 19.8 Å². The molecule has 0 aliphatic carbocycles. The van der Waals surface area contributed by atoms with Crippen LogP contribution in [-0.2, 0) is 9.53 Å². The monoisotopic (exact) mass is 693 g/mol. The van der Waals surface area contributed by atoms with Crippen LogP contribution in [0.4, 0.5) is 0 Å². The second-order valence-corrected chi connectivity index (χ2v) is 14.3. The number of carbonyl (C=O) groups excluding carboxylic acids is 2. The van der Waals surface area contributed by atoms with Gasteiger partial charge in [-0.3, -0.25) is 24.3 Å². The van der Waals surface area contributed by atoms with Gasteiger partial charge in [0.25, 0.3) is 11.8 Å². The molecule has 3 unspecified atom stereocenters. The number of hydrogen-bond donors (Lipinski definition) is 3. The standard InChI is InChI=1S/C41H51N5O5/c1-9-12-16-46-40(49)36-24(7)31-19-32-26(11-3)21(4)28(42-32)20-33-35(25(8)51-17-13-10-2)23(6)30(43-33)18-29-22(5)27(14-15-34(47)48)38(44-29)37(41(46)50)39(36)45-31/h18-20,22,25,27,43,45H,9-17H2,1-8H3,(H,47,48). The maximum atomic E-state index is 14.5. The van der Waals surface area contributed by atoms with Gasteiger partial charge in [0.05, 0.1) is 39.8 Å². The summed E-state index contributed by atoms with van der Waals surface area (Å²) in [6.45, 7) is 17.5. The Morgan fingerprint density at radius 1 is 0.922 bits per heavy atom. The van der Waals surface area contributed by atoms with Crippen LogP contribution < -0.4 is 0 Å². The molecular formula is C41H51N5O5. The van der Waals surface area contributed by atoms with Crippen LogP contribution >= 0.6 is 0 Å². The third kappa shape index (κ3) is 6.43. The molecule has 10 nitrogen and oxygen atoms in total. The molecule has 3 N–H and O–H groups in total. The summed E-state index contributed by atoms with van der Waals surface area (Å²) < 4.78 is 6.35. The molecule has 0 radical (unpaired) electrons. The van der Waals surface area contributed by atoms with Crippen molar-refractivity contribution in [2.24, 2.45) is 0 Å². The van der Waals surface area contributed by atoms with Crippen LogP contribution in [-0.4, -0.2) is 60.9 Å². The van der Waals surface area contributed by atoms with Crippen molar-refractivity contribution in [2.45, 2.75) is 118 Å². The Balaban J connectivity index is 1.76. The third-order valence-corrected chi connectivity index (χ3v) is 11.0. The summed E-state index contributed by atoms with van der Waals surface area (Å²) in [5.74, 6) is -2.16. The molecule has 3 aromatic rings. The van der Waals surface area contributed by atoms with Crippen molar-refractivity contribution >= 4 is 51.0 Å². The molecule has 3 aliphatic heterocycles. The number of hydrogen-bond acceptors (Lipinski definition) is 6. The predicted octanol–water partition coefficient (Wildman–Crippen LogP) is 9.30. The number of carboxylic acid groups (broad SMARTS) is 1. The largest absolute Gasteiger partial charge is 0.481 e. The number of unbranched alkanes of at least 4 members (excludes halogenated alkanes) is 2. The number of aliphatic carboxylic acids is 1. The highest BCUT2D eigenvalue weighted by atomic mass is 16.5. The molecule has 0 aromatic carbocycles. The Hall–Kier alpha value is -4.57. The van der Waals surface area contributed by atoms with Gasteiger partial charge in [-0.15, -0.1) is 0 Å². The number of H-pyrrole nitrogens is 2. The van der Waals surface area contributed by atoms with Gasteiger partial charge in [0.1, 0.15) is 0 Å². The molecule has 2 amide bonds. The van der Waals surface area contributed by atoms with Gasteiger partial charge in [-0.2, -0.15) is 0 Å². The van der Waals surface area contributed by atoms with E-state index >= 15 is 0 Å². The predicted molar refractivity (Wildman–Crippen MR) is 201 cm³/mol. The Labute approximate surface area is 299 Å². The lowest BCUT2D eigenvalue weighted by molar-refractivity contribution is -0.137. The first kappa shape index (κ1) is 36.2. The van der Waals surface area contributed by atoms with Crippen molar-refractivity contribution < 1.29 is 24.2 Å². The number of fused-ring (bicyclic) bond motifs is 8. The minimum Gasteiger partial charge on any atom is -0.481 e. The molecule has 3 aromatic heterocycles. The minimum atomic E-state index is -0.907. The van der Waals surface area contributed by atoms with Gasteiger partial charge in [-0.25, -0.2) is 4.98 Å². The number of amides is 2. The second kappa shape index (κ2) is 14.6. The summed E-state index contributed by atoms with van der Waals surface area (Å²) in [5, 5.41) is 9.76. The third-order valence-electron chi connectivity index (χ3n) is 11.0. The molecule has 0 fully saturated rings. The highest BCUT2D eigenvalue weighted by Crippen LogP contribution is 2.44. The summed E-state index contributed by atoms with van der Waals surface area (Å²) in [6.07, 6.45) is 4.33. The highest BCUT2D eigenvalue weighted by molar-refractivity contribution is 6.23. The normalized spacial score (nSPS) is 17.8. The highest BCUT2D eigenvalue weighted by Gasteiger charge is 2.40. The molecule has 8 bridgehead atoms. The Bertz CT molecular complexity index is 2100. The fourth-order valence-electron chi connectivity index (χ4n) is 7.95. The van der Waals surface area contributed by atoms with E-state index in [9.17, 15) is 19.5 Å². The second-order valence-electron chi connectivity index (χ2n) is 14.3. The number of carboxylic acids is 1. The van der Waals surface area contributed by atoms with E-state index in [4.69, 9.17) is 14.7 Å². The van der Waals surface area contributed by atoms with E-state index in [1.54, 1.807) is 0 Å². The van der Waals surface area contributed by atoms with Crippen LogP contribution in [0.3, 0.4) is 0 Å². The van der Waals surface area contributed by atoms with Gasteiger partial charge in [-0.05, 0) is 93.9 Å². The summed E-state index contributed by atoms with van der Waals surface area (Å²) in [4.78, 5) is 59.4. The fraction of sp³-hybridized carbons (Fsp3) is 0.488. The number of aryl methyl sites for hydroxylation is 2. The molecule has 270 valence electrons. The zero-order valence-corrected chi connectivity index (χ0v) is 31.2. The van der Waals surface area contributed by atoms with Crippen molar-refractivity contribution in [1.82, 2.24) is 24.8 Å². The van der Waals surface area contributed by atoms with E-state index in [2.05, 4.69) is 50.7 Å². The first-order valence-electron chi connectivity index (χ1n) is 18.6. The van der Waals surface area contributed by atoms with Crippen LogP contribution in [0.25, 0.3) is 33.2 Å². The molecule has 0 spiro atoms. The van der Waals surface area contributed by atoms with Crippen LogP contribution in [0.15, 0.2) is 18.2 Å². The zero-order valence-electron chi connectivity index (χ0n) is 31.2. The fourth-order valence-corrected chi connectivity index (χ4v) is 7.95. The average molecular weight is 694 g/mol. The van der Waals surface area contributed by atoms with E-state index in [0.717, 1.165) is 81.6 Å². The molecule has 10 heteroatoms. The summed E-state index contributed by atoms with van der Waals surface area (Å²) in [5.41, 5.74) is 11.7. The summed E-state index contributed by atoms with van der Waals surface area (Å²) in [7, 11) is 0. The van der Waals surface area contributed by atoms with Crippen LogP contribution in [0.1, 0.15) is 165 Å². The molecule has 6 rings (SSSR count). The Kier molecular flexibility index (Phi) is 10.4. The molecule has 3 aliphatic rings. The number of aromatic amines is 2. The van der Waals surface area contributed by atoms with Crippen molar-refractivity contribution in [1.29, 1.82) is 0 Å². The first-order chi connectivity index (χ1) is 24.4. The molecule has 0 saturated heterocycles. The number of ether oxygens (including phenoxy) is 1. The lowest BCUT2D eigenvalue weighted by Crippen LogP contribution is -2.41. The Morgan fingerprint density at radius 3 is 2.29 bits per heavy atom. The maximum absolute atomic E-state index is 14.5. The maximum Gasteiger partial charge on any atom is 0.303 e. The number of nitrogens with one attached hydrogen (secondary N) is 2. The molecule has 51 heavy (non-hydrogen) atoms. The van der Waals surface area contributed by atoms with E-state index in [1.165, 1.54) is 4.90 Å². The van der Waals surface area contributed by atoms with Gasteiger partial charge in [-0.1, -0.05) is 40.5 Å². The van der Waals surface area contributed by atoms with Gasteiger partial charge in [0.15, 0.2) is 0 Å². The van der Waals surface area contributed by atoms with E-state index < -0.39 is 11.9 Å². The molecule has 3 atom stereocenters. The van der Waals surface area contributed by atoms with Crippen molar-refractivity contribution in [2.75, 3.05) is 13.2 Å². The van der Waals surface area contributed by atoms with Crippen molar-refractivity contribution in [3.05, 3.63) is 68.8 Å². The quantitative estimate of drug-likeness (QED) is 0.127. The van der Waals surface area contributed by atoms with E-state index in [0.29, 0.717) is 53.8 Å². The average Bonchev–Trinajstić information content (AvgIpc) is 3.77. The lowest BCUT2D eigenvalue weighted by atomic mass is 9.84. The topological polar surface area (TPSA) is 141 Å². The van der Waals surface area contributed by atoms with Gasteiger partial charge in [0.2, 0.25) is 0 Å². The SMILES string of the molecule is CCCCOC(C)c1c(C)c2cc3nc(c4c5[nH]c(cc6nc(cc1[nH]2)C(C)=C6CC)c(C)c5C(=O)N(CCCC)C4=O)C(CCC(=O)O)C3C. The summed E-state index contributed by atoms with van der Waals surface area (Å²) >= 11 is 0. The van der Waals surface area contributed by atoms with E-state index in [-0.39, 0.29) is 30.3 Å². The molecule has 6 heterocycles. The number of rotatable bonds is 12.